The van der Waals surface area contributed by atoms with Crippen LogP contribution in [0, 0.1) is 0 Å². The van der Waals surface area contributed by atoms with Crippen molar-refractivity contribution in [1.82, 2.24) is 8.75 Å². The van der Waals surface area contributed by atoms with E-state index in [1.807, 2.05) is 0 Å². The van der Waals surface area contributed by atoms with Crippen molar-refractivity contribution in [3.05, 3.63) is 29.8 Å². The zero-order valence-electron chi connectivity index (χ0n) is 7.82. The summed E-state index contributed by atoms with van der Waals surface area (Å²) in [4.78, 5) is 0. The molecule has 16 heavy (non-hydrogen) atoms. The van der Waals surface area contributed by atoms with Crippen LogP contribution in [0.1, 0.15) is 5.56 Å². The van der Waals surface area contributed by atoms with E-state index < -0.39 is 11.7 Å². The number of halogens is 3. The molecule has 2 aromatic rings. The first kappa shape index (κ1) is 10.9. The molecule has 0 aliphatic heterocycles. The highest BCUT2D eigenvalue weighted by Crippen LogP contribution is 2.37. The van der Waals surface area contributed by atoms with Gasteiger partial charge in [0, 0.05) is 5.56 Å². The maximum absolute atomic E-state index is 12.7. The molecular weight excluding hydrogens is 239 g/mol. The van der Waals surface area contributed by atoms with Crippen LogP contribution in [0.4, 0.5) is 19.0 Å². The van der Waals surface area contributed by atoms with E-state index in [9.17, 15) is 13.2 Å². The van der Waals surface area contributed by atoms with Crippen molar-refractivity contribution in [2.75, 3.05) is 5.73 Å². The van der Waals surface area contributed by atoms with Gasteiger partial charge in [-0.3, -0.25) is 0 Å². The maximum atomic E-state index is 12.7. The van der Waals surface area contributed by atoms with E-state index in [4.69, 9.17) is 5.73 Å². The van der Waals surface area contributed by atoms with Crippen LogP contribution in [0.3, 0.4) is 0 Å². The molecule has 0 saturated carbocycles. The number of benzene rings is 1. The lowest BCUT2D eigenvalue weighted by Crippen LogP contribution is -2.07. The minimum atomic E-state index is -4.42. The van der Waals surface area contributed by atoms with Gasteiger partial charge in [-0.1, -0.05) is 18.2 Å². The molecule has 0 atom stereocenters. The first-order valence-corrected chi connectivity index (χ1v) is 4.98. The van der Waals surface area contributed by atoms with Crippen molar-refractivity contribution in [3.63, 3.8) is 0 Å². The van der Waals surface area contributed by atoms with Crippen LogP contribution < -0.4 is 5.73 Å². The van der Waals surface area contributed by atoms with E-state index in [0.29, 0.717) is 0 Å². The second-order valence-corrected chi connectivity index (χ2v) is 3.57. The van der Waals surface area contributed by atoms with Crippen LogP contribution in [0.2, 0.25) is 0 Å². The highest BCUT2D eigenvalue weighted by Gasteiger charge is 2.34. The summed E-state index contributed by atoms with van der Waals surface area (Å²) < 4.78 is 45.5. The molecule has 84 valence electrons. The summed E-state index contributed by atoms with van der Waals surface area (Å²) in [5, 5.41) is 0. The number of rotatable bonds is 1. The van der Waals surface area contributed by atoms with E-state index in [1.165, 1.54) is 18.2 Å². The first-order chi connectivity index (χ1) is 7.50. The number of nitrogens with zero attached hydrogens (tertiary/aromatic N) is 2. The van der Waals surface area contributed by atoms with Crippen LogP contribution in [-0.2, 0) is 6.18 Å². The van der Waals surface area contributed by atoms with Gasteiger partial charge in [-0.25, -0.2) is 0 Å². The Hall–Kier alpha value is -1.63. The maximum Gasteiger partial charge on any atom is 0.417 e. The second kappa shape index (κ2) is 3.75. The molecular formula is C9H6F3N3S. The standard InChI is InChI=1S/C9H6F3N3S/c10-9(11,12)6-4-2-1-3-5(6)7-8(13)15-16-14-7/h1-4H,(H2,13,15). The van der Waals surface area contributed by atoms with Crippen LogP contribution in [0.15, 0.2) is 24.3 Å². The van der Waals surface area contributed by atoms with E-state index >= 15 is 0 Å². The van der Waals surface area contributed by atoms with Gasteiger partial charge in [0.1, 0.15) is 5.69 Å². The number of aromatic nitrogens is 2. The SMILES string of the molecule is Nc1nsnc1-c1ccccc1C(F)(F)F. The molecule has 7 heteroatoms. The molecule has 0 aliphatic rings. The van der Waals surface area contributed by atoms with Gasteiger partial charge in [-0.2, -0.15) is 21.9 Å². The van der Waals surface area contributed by atoms with Crippen molar-refractivity contribution in [1.29, 1.82) is 0 Å². The Labute approximate surface area is 93.1 Å². The van der Waals surface area contributed by atoms with Crippen LogP contribution in [-0.4, -0.2) is 8.75 Å². The monoisotopic (exact) mass is 245 g/mol. The summed E-state index contributed by atoms with van der Waals surface area (Å²) in [7, 11) is 0. The summed E-state index contributed by atoms with van der Waals surface area (Å²) >= 11 is 0.788. The fourth-order valence-electron chi connectivity index (χ4n) is 1.32. The zero-order chi connectivity index (χ0) is 11.8. The third kappa shape index (κ3) is 1.85. The molecule has 0 radical (unpaired) electrons. The lowest BCUT2D eigenvalue weighted by molar-refractivity contribution is -0.137. The molecule has 0 spiro atoms. The Morgan fingerprint density at radius 3 is 2.38 bits per heavy atom. The number of alkyl halides is 3. The lowest BCUT2D eigenvalue weighted by atomic mass is 10.0. The van der Waals surface area contributed by atoms with Crippen molar-refractivity contribution in [2.24, 2.45) is 0 Å². The smallest absolute Gasteiger partial charge is 0.381 e. The Bertz CT molecular complexity index is 507. The molecule has 0 fully saturated rings. The third-order valence-corrected chi connectivity index (χ3v) is 2.54. The Kier molecular flexibility index (Phi) is 2.55. The Morgan fingerprint density at radius 1 is 1.12 bits per heavy atom. The highest BCUT2D eigenvalue weighted by molar-refractivity contribution is 6.99. The molecule has 2 N–H and O–H groups in total. The Morgan fingerprint density at radius 2 is 1.81 bits per heavy atom. The molecule has 1 aromatic heterocycles. The molecule has 0 bridgehead atoms. The molecule has 0 aliphatic carbocycles. The summed E-state index contributed by atoms with van der Waals surface area (Å²) in [6, 6.07) is 5.15. The van der Waals surface area contributed by atoms with Gasteiger partial charge >= 0.3 is 6.18 Å². The minimum absolute atomic E-state index is 0.0155. The van der Waals surface area contributed by atoms with Crippen molar-refractivity contribution < 1.29 is 13.2 Å². The van der Waals surface area contributed by atoms with Crippen molar-refractivity contribution in [2.45, 2.75) is 6.18 Å². The van der Waals surface area contributed by atoms with Crippen molar-refractivity contribution in [3.8, 4) is 11.3 Å². The van der Waals surface area contributed by atoms with E-state index in [1.54, 1.807) is 0 Å². The lowest BCUT2D eigenvalue weighted by Gasteiger charge is -2.10. The zero-order valence-corrected chi connectivity index (χ0v) is 8.64. The number of hydrogen-bond donors (Lipinski definition) is 1. The number of anilines is 1. The summed E-state index contributed by atoms with van der Waals surface area (Å²) in [6.07, 6.45) is -4.42. The predicted molar refractivity (Wildman–Crippen MR) is 54.8 cm³/mol. The quantitative estimate of drug-likeness (QED) is 0.840. The topological polar surface area (TPSA) is 51.8 Å². The molecule has 3 nitrogen and oxygen atoms in total. The third-order valence-electron chi connectivity index (χ3n) is 2.00. The summed E-state index contributed by atoms with van der Waals surface area (Å²) in [5.74, 6) is 0.0155. The van der Waals surface area contributed by atoms with Gasteiger partial charge in [0.25, 0.3) is 0 Å². The molecule has 0 saturated heterocycles. The average molecular weight is 245 g/mol. The molecule has 1 heterocycles. The van der Waals surface area contributed by atoms with Crippen LogP contribution in [0.25, 0.3) is 11.3 Å². The number of nitrogens with two attached hydrogens (primary N) is 1. The van der Waals surface area contributed by atoms with Gasteiger partial charge in [0.05, 0.1) is 17.3 Å². The van der Waals surface area contributed by atoms with Crippen LogP contribution in [0.5, 0.6) is 0 Å². The van der Waals surface area contributed by atoms with Crippen molar-refractivity contribution >= 4 is 17.5 Å². The molecule has 0 amide bonds. The molecule has 0 unspecified atom stereocenters. The van der Waals surface area contributed by atoms with Gasteiger partial charge in [0.15, 0.2) is 5.82 Å². The summed E-state index contributed by atoms with van der Waals surface area (Å²) in [6.45, 7) is 0. The first-order valence-electron chi connectivity index (χ1n) is 4.25. The Balaban J connectivity index is 2.62. The minimum Gasteiger partial charge on any atom is -0.381 e. The summed E-state index contributed by atoms with van der Waals surface area (Å²) in [5.41, 5.74) is 4.74. The predicted octanol–water partition coefficient (Wildman–Crippen LogP) is 2.81. The van der Waals surface area contributed by atoms with Gasteiger partial charge in [-0.05, 0) is 6.07 Å². The number of hydrogen-bond acceptors (Lipinski definition) is 4. The molecule has 2 rings (SSSR count). The van der Waals surface area contributed by atoms with E-state index in [-0.39, 0.29) is 17.1 Å². The van der Waals surface area contributed by atoms with Gasteiger partial charge < -0.3 is 5.73 Å². The fourth-order valence-corrected chi connectivity index (χ4v) is 1.81. The van der Waals surface area contributed by atoms with E-state index in [0.717, 1.165) is 17.8 Å². The van der Waals surface area contributed by atoms with Gasteiger partial charge in [0.2, 0.25) is 0 Å². The highest BCUT2D eigenvalue weighted by atomic mass is 32.1. The van der Waals surface area contributed by atoms with Crippen LogP contribution >= 0.6 is 11.7 Å². The normalized spacial score (nSPS) is 11.7. The number of nitrogen functional groups attached to an aromatic ring is 1. The second-order valence-electron chi connectivity index (χ2n) is 3.04. The van der Waals surface area contributed by atoms with E-state index in [2.05, 4.69) is 8.75 Å². The fraction of sp³-hybridized carbons (Fsp3) is 0.111. The average Bonchev–Trinajstić information content (AvgIpc) is 2.63. The largest absolute Gasteiger partial charge is 0.417 e. The van der Waals surface area contributed by atoms with Gasteiger partial charge in [-0.15, -0.1) is 0 Å². The molecule has 1 aromatic carbocycles.